The minimum atomic E-state index is -3.84. The Labute approximate surface area is 104 Å². The molecule has 2 rings (SSSR count). The Kier molecular flexibility index (Phi) is 2.80. The van der Waals surface area contributed by atoms with Crippen molar-refractivity contribution in [3.8, 4) is 0 Å². The molecule has 0 amide bonds. The predicted octanol–water partition coefficient (Wildman–Crippen LogP) is 0.786. The van der Waals surface area contributed by atoms with Crippen LogP contribution in [0.5, 0.6) is 0 Å². The molecule has 3 N–H and O–H groups in total. The summed E-state index contributed by atoms with van der Waals surface area (Å²) >= 11 is 4.32. The molecule has 92 valence electrons. The van der Waals surface area contributed by atoms with Crippen LogP contribution in [0.25, 0.3) is 10.9 Å². The van der Waals surface area contributed by atoms with Gasteiger partial charge >= 0.3 is 0 Å². The highest BCUT2D eigenvalue weighted by Gasteiger charge is 2.16. The van der Waals surface area contributed by atoms with E-state index in [1.54, 1.807) is 11.7 Å². The van der Waals surface area contributed by atoms with Gasteiger partial charge in [0.05, 0.1) is 5.52 Å². The van der Waals surface area contributed by atoms with Crippen molar-refractivity contribution in [2.75, 3.05) is 4.72 Å². The van der Waals surface area contributed by atoms with Crippen molar-refractivity contribution in [3.05, 3.63) is 17.7 Å². The molecule has 17 heavy (non-hydrogen) atoms. The van der Waals surface area contributed by atoms with Gasteiger partial charge in [-0.1, -0.05) is 6.07 Å². The summed E-state index contributed by atoms with van der Waals surface area (Å²) in [7, 11) is -2.12. The van der Waals surface area contributed by atoms with Gasteiger partial charge in [-0.05, 0) is 18.6 Å². The van der Waals surface area contributed by atoms with Crippen LogP contribution in [0.4, 0.5) is 5.82 Å². The lowest BCUT2D eigenvalue weighted by atomic mass is 10.1. The van der Waals surface area contributed by atoms with E-state index >= 15 is 0 Å². The van der Waals surface area contributed by atoms with Gasteiger partial charge < -0.3 is 0 Å². The molecule has 8 heteroatoms. The van der Waals surface area contributed by atoms with E-state index in [0.29, 0.717) is 5.39 Å². The number of nitrogens with zero attached hydrogens (tertiary/aromatic N) is 2. The van der Waals surface area contributed by atoms with Crippen molar-refractivity contribution >= 4 is 39.6 Å². The van der Waals surface area contributed by atoms with Crippen molar-refractivity contribution in [1.29, 1.82) is 0 Å². The molecule has 0 aliphatic rings. The van der Waals surface area contributed by atoms with Crippen LogP contribution >= 0.6 is 12.6 Å². The smallest absolute Gasteiger partial charge is 0.265 e. The monoisotopic (exact) mass is 272 g/mol. The van der Waals surface area contributed by atoms with Gasteiger partial charge in [0.25, 0.3) is 10.2 Å². The van der Waals surface area contributed by atoms with E-state index in [9.17, 15) is 8.42 Å². The number of benzene rings is 1. The fraction of sp³-hybridized carbons (Fsp3) is 0.222. The Bertz CT molecular complexity index is 691. The van der Waals surface area contributed by atoms with E-state index in [4.69, 9.17) is 5.14 Å². The summed E-state index contributed by atoms with van der Waals surface area (Å²) in [6.45, 7) is 1.87. The van der Waals surface area contributed by atoms with Crippen molar-refractivity contribution in [2.24, 2.45) is 12.2 Å². The minimum absolute atomic E-state index is 0.221. The molecule has 1 aromatic carbocycles. The maximum atomic E-state index is 11.0. The molecule has 0 aliphatic carbocycles. The lowest BCUT2D eigenvalue weighted by Gasteiger charge is -2.03. The number of rotatable bonds is 2. The normalized spacial score (nSPS) is 12.0. The quantitative estimate of drug-likeness (QED) is 0.706. The Morgan fingerprint density at radius 1 is 1.47 bits per heavy atom. The van der Waals surface area contributed by atoms with Crippen LogP contribution in [0.3, 0.4) is 0 Å². The Morgan fingerprint density at radius 2 is 2.12 bits per heavy atom. The topological polar surface area (TPSA) is 90.0 Å². The molecule has 0 spiro atoms. The summed E-state index contributed by atoms with van der Waals surface area (Å²) in [6, 6.07) is 3.68. The molecule has 0 saturated heterocycles. The summed E-state index contributed by atoms with van der Waals surface area (Å²) in [5.74, 6) is 0.221. The zero-order chi connectivity index (χ0) is 12.8. The highest BCUT2D eigenvalue weighted by molar-refractivity contribution is 7.90. The van der Waals surface area contributed by atoms with E-state index in [1.165, 1.54) is 0 Å². The number of anilines is 1. The van der Waals surface area contributed by atoms with Crippen molar-refractivity contribution in [2.45, 2.75) is 11.8 Å². The number of hydrogen-bond acceptors (Lipinski definition) is 4. The number of aryl methyl sites for hydroxylation is 2. The molecule has 0 atom stereocenters. The molecule has 2 aromatic rings. The fourth-order valence-electron chi connectivity index (χ4n) is 1.76. The molecular formula is C9H12N4O2S2. The van der Waals surface area contributed by atoms with E-state index in [-0.39, 0.29) is 5.82 Å². The van der Waals surface area contributed by atoms with Crippen LogP contribution in [-0.2, 0) is 17.3 Å². The van der Waals surface area contributed by atoms with Gasteiger partial charge in [-0.15, -0.1) is 12.6 Å². The maximum absolute atomic E-state index is 11.0. The standard InChI is InChI=1S/C9H12N4O2S2/c1-5-3-4-6(16)8-7(5)9(11-13(8)2)12-17(10,14)15/h3-4,16H,1-2H3,(H,11,12)(H2,10,14,15). The van der Waals surface area contributed by atoms with Gasteiger partial charge in [0.15, 0.2) is 5.82 Å². The van der Waals surface area contributed by atoms with Gasteiger partial charge in [-0.3, -0.25) is 9.40 Å². The van der Waals surface area contributed by atoms with Crippen molar-refractivity contribution in [1.82, 2.24) is 9.78 Å². The highest BCUT2D eigenvalue weighted by atomic mass is 32.2. The molecule has 1 aromatic heterocycles. The lowest BCUT2D eigenvalue weighted by Crippen LogP contribution is -2.22. The van der Waals surface area contributed by atoms with E-state index in [0.717, 1.165) is 16.0 Å². The highest BCUT2D eigenvalue weighted by Crippen LogP contribution is 2.30. The lowest BCUT2D eigenvalue weighted by molar-refractivity contribution is 0.602. The van der Waals surface area contributed by atoms with Gasteiger partial charge in [0.1, 0.15) is 0 Å². The summed E-state index contributed by atoms with van der Waals surface area (Å²) in [5.41, 5.74) is 1.66. The summed E-state index contributed by atoms with van der Waals surface area (Å²) in [5, 5.41) is 9.75. The molecule has 1 heterocycles. The molecular weight excluding hydrogens is 260 g/mol. The summed E-state index contributed by atoms with van der Waals surface area (Å²) in [4.78, 5) is 0.725. The maximum Gasteiger partial charge on any atom is 0.297 e. The average Bonchev–Trinajstić information content (AvgIpc) is 2.48. The third kappa shape index (κ3) is 2.24. The molecule has 6 nitrogen and oxygen atoms in total. The second kappa shape index (κ2) is 3.90. The molecule has 0 aliphatic heterocycles. The molecule has 0 bridgehead atoms. The SMILES string of the molecule is Cc1ccc(S)c2c1c(NS(N)(=O)=O)nn2C. The van der Waals surface area contributed by atoms with Crippen LogP contribution in [0.15, 0.2) is 17.0 Å². The molecule has 0 saturated carbocycles. The van der Waals surface area contributed by atoms with Crippen molar-refractivity contribution < 1.29 is 8.42 Å². The summed E-state index contributed by atoms with van der Waals surface area (Å²) in [6.07, 6.45) is 0. The minimum Gasteiger partial charge on any atom is -0.265 e. The molecule has 0 radical (unpaired) electrons. The first-order chi connectivity index (χ1) is 7.79. The molecule has 0 fully saturated rings. The van der Waals surface area contributed by atoms with E-state index in [2.05, 4.69) is 22.4 Å². The first-order valence-electron chi connectivity index (χ1n) is 4.75. The largest absolute Gasteiger partial charge is 0.297 e. The summed E-state index contributed by atoms with van der Waals surface area (Å²) < 4.78 is 25.9. The van der Waals surface area contributed by atoms with Crippen molar-refractivity contribution in [3.63, 3.8) is 0 Å². The number of fused-ring (bicyclic) bond motifs is 1. The first kappa shape index (κ1) is 12.2. The van der Waals surface area contributed by atoms with Crippen LogP contribution in [0, 0.1) is 6.92 Å². The Hall–Kier alpha value is -1.25. The number of hydrogen-bond donors (Lipinski definition) is 3. The molecule has 0 unspecified atom stereocenters. The zero-order valence-electron chi connectivity index (χ0n) is 9.30. The number of thiol groups is 1. The van der Waals surface area contributed by atoms with E-state index in [1.807, 2.05) is 19.1 Å². The number of nitrogens with two attached hydrogens (primary N) is 1. The van der Waals surface area contributed by atoms with Gasteiger partial charge in [0, 0.05) is 17.3 Å². The Balaban J connectivity index is 2.79. The predicted molar refractivity (Wildman–Crippen MR) is 69.4 cm³/mol. The first-order valence-corrected chi connectivity index (χ1v) is 6.75. The third-order valence-electron chi connectivity index (χ3n) is 2.41. The van der Waals surface area contributed by atoms with Gasteiger partial charge in [0.2, 0.25) is 0 Å². The Morgan fingerprint density at radius 3 is 2.71 bits per heavy atom. The van der Waals surface area contributed by atoms with Crippen LogP contribution in [0.1, 0.15) is 5.56 Å². The fourth-order valence-corrected chi connectivity index (χ4v) is 2.51. The van der Waals surface area contributed by atoms with Crippen LogP contribution in [0.2, 0.25) is 0 Å². The third-order valence-corrected chi connectivity index (χ3v) is 3.25. The van der Waals surface area contributed by atoms with E-state index < -0.39 is 10.2 Å². The second-order valence-corrected chi connectivity index (χ2v) is 5.52. The zero-order valence-corrected chi connectivity index (χ0v) is 11.0. The van der Waals surface area contributed by atoms with Gasteiger partial charge in [-0.25, -0.2) is 5.14 Å². The number of aromatic nitrogens is 2. The van der Waals surface area contributed by atoms with Crippen LogP contribution in [-0.4, -0.2) is 18.2 Å². The van der Waals surface area contributed by atoms with Crippen LogP contribution < -0.4 is 9.86 Å². The average molecular weight is 272 g/mol. The second-order valence-electron chi connectivity index (χ2n) is 3.74. The van der Waals surface area contributed by atoms with Gasteiger partial charge in [-0.2, -0.15) is 13.5 Å². The number of nitrogens with one attached hydrogen (secondary N) is 1.